The maximum absolute atomic E-state index is 12.9. The lowest BCUT2D eigenvalue weighted by Crippen LogP contribution is -2.56. The molecule has 2 aromatic carbocycles. The van der Waals surface area contributed by atoms with Crippen molar-refractivity contribution in [3.05, 3.63) is 59.1 Å². The number of halogens is 1. The van der Waals surface area contributed by atoms with E-state index in [0.29, 0.717) is 11.3 Å². The van der Waals surface area contributed by atoms with Crippen LogP contribution in [0.5, 0.6) is 0 Å². The van der Waals surface area contributed by atoms with Gasteiger partial charge in [-0.1, -0.05) is 29.8 Å². The summed E-state index contributed by atoms with van der Waals surface area (Å²) in [4.78, 5) is 25.5. The molecule has 0 aliphatic heterocycles. The second-order valence-electron chi connectivity index (χ2n) is 7.64. The molecule has 0 saturated carbocycles. The van der Waals surface area contributed by atoms with Gasteiger partial charge in [0.15, 0.2) is 0 Å². The van der Waals surface area contributed by atoms with Gasteiger partial charge in [-0.3, -0.25) is 9.10 Å². The van der Waals surface area contributed by atoms with Crippen LogP contribution in [0.1, 0.15) is 31.1 Å². The van der Waals surface area contributed by atoms with Gasteiger partial charge in [-0.05, 0) is 51.1 Å². The highest BCUT2D eigenvalue weighted by Gasteiger charge is 2.29. The van der Waals surface area contributed by atoms with Crippen LogP contribution in [0.15, 0.2) is 48.5 Å². The minimum absolute atomic E-state index is 0.197. The monoisotopic (exact) mass is 452 g/mol. The molecule has 30 heavy (non-hydrogen) atoms. The van der Waals surface area contributed by atoms with E-state index in [9.17, 15) is 18.0 Å². The van der Waals surface area contributed by atoms with Gasteiger partial charge in [-0.15, -0.1) is 0 Å². The van der Waals surface area contributed by atoms with Gasteiger partial charge >= 0.3 is 6.03 Å². The number of nitrogens with one attached hydrogen (secondary N) is 2. The van der Waals surface area contributed by atoms with Crippen LogP contribution in [0.25, 0.3) is 0 Å². The molecule has 8 nitrogen and oxygen atoms in total. The van der Waals surface area contributed by atoms with Crippen LogP contribution in [0, 0.1) is 0 Å². The molecule has 0 atom stereocenters. The first kappa shape index (κ1) is 23.5. The predicted octanol–water partition coefficient (Wildman–Crippen LogP) is 3.71. The third-order valence-electron chi connectivity index (χ3n) is 4.17. The molecule has 0 saturated heterocycles. The number of hydrogen-bond donors (Lipinski definition) is 2. The molecule has 0 radical (unpaired) electrons. The molecule has 0 unspecified atom stereocenters. The summed E-state index contributed by atoms with van der Waals surface area (Å²) in [5.41, 5.74) is 2.78. The lowest BCUT2D eigenvalue weighted by atomic mass is 10.1. The fourth-order valence-electron chi connectivity index (χ4n) is 2.48. The van der Waals surface area contributed by atoms with Crippen LogP contribution >= 0.6 is 11.6 Å². The second kappa shape index (κ2) is 8.93. The second-order valence-corrected chi connectivity index (χ2v) is 10.1. The highest BCUT2D eigenvalue weighted by Crippen LogP contribution is 2.28. The zero-order valence-corrected chi connectivity index (χ0v) is 19.0. The Morgan fingerprint density at radius 2 is 1.63 bits per heavy atom. The van der Waals surface area contributed by atoms with E-state index in [1.165, 1.54) is 30.3 Å². The van der Waals surface area contributed by atoms with E-state index in [2.05, 4.69) is 10.7 Å². The third-order valence-corrected chi connectivity index (χ3v) is 5.70. The number of rotatable bonds is 4. The van der Waals surface area contributed by atoms with Crippen molar-refractivity contribution >= 4 is 44.9 Å². The van der Waals surface area contributed by atoms with Crippen molar-refractivity contribution in [1.29, 1.82) is 0 Å². The molecule has 162 valence electrons. The lowest BCUT2D eigenvalue weighted by molar-refractivity contribution is 0.0460. The van der Waals surface area contributed by atoms with E-state index in [-0.39, 0.29) is 16.6 Å². The number of hydrogen-bond acceptors (Lipinski definition) is 4. The van der Waals surface area contributed by atoms with Crippen molar-refractivity contribution in [2.24, 2.45) is 0 Å². The molecule has 0 bridgehead atoms. The van der Waals surface area contributed by atoms with Crippen molar-refractivity contribution in [2.75, 3.05) is 22.9 Å². The standard InChI is InChI=1S/C20H25ClN4O4S/c1-20(2,3)25(18(26)14-9-7-6-8-10-14)23-19(27)22-17-13-15(11-12-16(17)21)24(4)30(5,28)29/h6-13H,1-5H3,(H2,22,23,27). The number of hydrazine groups is 1. The Labute approximate surface area is 181 Å². The number of carbonyl (C=O) groups is 2. The molecule has 0 spiro atoms. The topological polar surface area (TPSA) is 98.8 Å². The summed E-state index contributed by atoms with van der Waals surface area (Å²) < 4.78 is 24.6. The van der Waals surface area contributed by atoms with E-state index in [1.807, 2.05) is 0 Å². The Bertz CT molecular complexity index is 1040. The van der Waals surface area contributed by atoms with Crippen LogP contribution in [0.3, 0.4) is 0 Å². The molecule has 10 heteroatoms. The van der Waals surface area contributed by atoms with Gasteiger partial charge in [0.2, 0.25) is 10.0 Å². The molecular formula is C20H25ClN4O4S. The molecular weight excluding hydrogens is 428 g/mol. The zero-order chi connectivity index (χ0) is 22.7. The van der Waals surface area contributed by atoms with E-state index < -0.39 is 21.6 Å². The van der Waals surface area contributed by atoms with Crippen molar-refractivity contribution in [1.82, 2.24) is 10.4 Å². The summed E-state index contributed by atoms with van der Waals surface area (Å²) in [5.74, 6) is -0.380. The molecule has 0 aromatic heterocycles. The first-order chi connectivity index (χ1) is 13.8. The van der Waals surface area contributed by atoms with Gasteiger partial charge in [0.25, 0.3) is 5.91 Å². The van der Waals surface area contributed by atoms with Crippen molar-refractivity contribution in [3.63, 3.8) is 0 Å². The Balaban J connectivity index is 2.25. The van der Waals surface area contributed by atoms with Crippen LogP contribution in [0.2, 0.25) is 5.02 Å². The van der Waals surface area contributed by atoms with Crippen molar-refractivity contribution in [2.45, 2.75) is 26.3 Å². The lowest BCUT2D eigenvalue weighted by Gasteiger charge is -2.35. The van der Waals surface area contributed by atoms with Gasteiger partial charge < -0.3 is 5.32 Å². The number of nitrogens with zero attached hydrogens (tertiary/aromatic N) is 2. The number of anilines is 2. The fourth-order valence-corrected chi connectivity index (χ4v) is 3.14. The van der Waals surface area contributed by atoms with Gasteiger partial charge in [0, 0.05) is 12.6 Å². The summed E-state index contributed by atoms with van der Waals surface area (Å²) in [5, 5.41) is 4.00. The third kappa shape index (κ3) is 5.87. The molecule has 2 rings (SSSR count). The van der Waals surface area contributed by atoms with Gasteiger partial charge in [0.05, 0.1) is 28.2 Å². The number of sulfonamides is 1. The Kier molecular flexibility index (Phi) is 6.99. The van der Waals surface area contributed by atoms with Crippen LogP contribution in [-0.2, 0) is 10.0 Å². The summed E-state index contributed by atoms with van der Waals surface area (Å²) in [7, 11) is -2.09. The Hall–Kier alpha value is -2.78. The SMILES string of the molecule is CN(c1ccc(Cl)c(NC(=O)NN(C(=O)c2ccccc2)C(C)(C)C)c1)S(C)(=O)=O. The normalized spacial score (nSPS) is 11.5. The maximum Gasteiger partial charge on any atom is 0.338 e. The molecule has 2 aromatic rings. The van der Waals surface area contributed by atoms with E-state index >= 15 is 0 Å². The van der Waals surface area contributed by atoms with Crippen LogP contribution in [0.4, 0.5) is 16.2 Å². The average molecular weight is 453 g/mol. The number of amides is 3. The van der Waals surface area contributed by atoms with Gasteiger partial charge in [-0.25, -0.2) is 23.6 Å². The summed E-state index contributed by atoms with van der Waals surface area (Å²) in [6, 6.07) is 12.3. The fraction of sp³-hybridized carbons (Fsp3) is 0.300. The molecule has 2 N–H and O–H groups in total. The summed E-state index contributed by atoms with van der Waals surface area (Å²) in [6.07, 6.45) is 1.07. The largest absolute Gasteiger partial charge is 0.338 e. The first-order valence-electron chi connectivity index (χ1n) is 9.01. The van der Waals surface area contributed by atoms with E-state index in [0.717, 1.165) is 10.6 Å². The van der Waals surface area contributed by atoms with Crippen molar-refractivity contribution in [3.8, 4) is 0 Å². The maximum atomic E-state index is 12.9. The molecule has 0 fully saturated rings. The molecule has 0 aliphatic carbocycles. The zero-order valence-electron chi connectivity index (χ0n) is 17.4. The average Bonchev–Trinajstić information content (AvgIpc) is 2.66. The molecule has 0 heterocycles. The summed E-state index contributed by atoms with van der Waals surface area (Å²) >= 11 is 6.15. The summed E-state index contributed by atoms with van der Waals surface area (Å²) in [6.45, 7) is 5.34. The van der Waals surface area contributed by atoms with Gasteiger partial charge in [0.1, 0.15) is 0 Å². The number of carbonyl (C=O) groups excluding carboxylic acids is 2. The van der Waals surface area contributed by atoms with E-state index in [4.69, 9.17) is 11.6 Å². The van der Waals surface area contributed by atoms with Crippen molar-refractivity contribution < 1.29 is 18.0 Å². The molecule has 0 aliphatic rings. The Morgan fingerprint density at radius 1 is 1.03 bits per heavy atom. The molecule has 3 amide bonds. The van der Waals surface area contributed by atoms with Crippen LogP contribution < -0.4 is 15.0 Å². The highest BCUT2D eigenvalue weighted by molar-refractivity contribution is 7.92. The smallest absolute Gasteiger partial charge is 0.305 e. The number of benzene rings is 2. The Morgan fingerprint density at radius 3 is 2.17 bits per heavy atom. The minimum atomic E-state index is -3.49. The minimum Gasteiger partial charge on any atom is -0.305 e. The van der Waals surface area contributed by atoms with Crippen LogP contribution in [-0.4, -0.2) is 44.2 Å². The van der Waals surface area contributed by atoms with Gasteiger partial charge in [-0.2, -0.15) is 0 Å². The first-order valence-corrected chi connectivity index (χ1v) is 11.2. The van der Waals surface area contributed by atoms with E-state index in [1.54, 1.807) is 51.1 Å². The highest BCUT2D eigenvalue weighted by atomic mass is 35.5. The predicted molar refractivity (Wildman–Crippen MR) is 119 cm³/mol. The quantitative estimate of drug-likeness (QED) is 0.690. The number of urea groups is 1.